The van der Waals surface area contributed by atoms with Gasteiger partial charge in [0, 0.05) is 24.7 Å². The van der Waals surface area contributed by atoms with Crippen LogP contribution in [0.25, 0.3) is 0 Å². The maximum Gasteiger partial charge on any atom is 0.407 e. The molecular formula is C29H38N6O7S. The number of pyridine rings is 1. The van der Waals surface area contributed by atoms with Crippen LogP contribution in [-0.4, -0.2) is 96.9 Å². The number of piperidine rings is 1. The minimum Gasteiger partial charge on any atom is -0.486 e. The molecule has 2 atom stereocenters. The highest BCUT2D eigenvalue weighted by Crippen LogP contribution is 2.45. The number of rotatable bonds is 5. The van der Waals surface area contributed by atoms with Crippen molar-refractivity contribution < 1.29 is 33.3 Å². The lowest BCUT2D eigenvalue weighted by molar-refractivity contribution is -0.0652. The number of anilines is 2. The Bertz CT molecular complexity index is 1390. The second-order valence-electron chi connectivity index (χ2n) is 12.6. The molecule has 3 saturated heterocycles. The number of amides is 1. The van der Waals surface area contributed by atoms with Crippen LogP contribution in [0.15, 0.2) is 28.4 Å². The molecule has 0 aromatic carbocycles. The predicted molar refractivity (Wildman–Crippen MR) is 157 cm³/mol. The molecule has 6 heterocycles. The van der Waals surface area contributed by atoms with Crippen LogP contribution >= 0.6 is 11.8 Å². The van der Waals surface area contributed by atoms with Gasteiger partial charge in [0.25, 0.3) is 0 Å². The van der Waals surface area contributed by atoms with Gasteiger partial charge >= 0.3 is 12.1 Å². The van der Waals surface area contributed by atoms with E-state index in [2.05, 4.69) is 20.6 Å². The van der Waals surface area contributed by atoms with Crippen molar-refractivity contribution in [1.82, 2.24) is 20.3 Å². The zero-order valence-electron chi connectivity index (χ0n) is 25.1. The molecule has 2 aromatic rings. The molecule has 0 unspecified atom stereocenters. The standard InChI is InChI=1S/C29H38N6O7S/c1-17-22(33-26(37)42-27(2,3)4)28(13-40-17)7-10-35(11-8-28)24-20(25(36)38-5)32-19(12-31-24)43-18-6-9-30-23-21(18)41-16-29(34-23)14-39-15-29/h6,9,12,17,22H,7-8,10-11,13-16H2,1-5H3,(H,30,34)(H,33,37)/t17-,22+/m0/s1. The topological polar surface area (TPSA) is 146 Å². The Morgan fingerprint density at radius 2 is 1.93 bits per heavy atom. The number of carbonyl (C=O) groups is 2. The normalized spacial score (nSPS) is 23.5. The smallest absolute Gasteiger partial charge is 0.407 e. The Morgan fingerprint density at radius 3 is 2.60 bits per heavy atom. The summed E-state index contributed by atoms with van der Waals surface area (Å²) in [6.45, 7) is 10.9. The summed E-state index contributed by atoms with van der Waals surface area (Å²) in [6, 6.07) is 1.66. The molecule has 2 spiro atoms. The van der Waals surface area contributed by atoms with Crippen LogP contribution in [0.4, 0.5) is 16.4 Å². The van der Waals surface area contributed by atoms with Gasteiger partial charge in [-0.15, -0.1) is 0 Å². The van der Waals surface area contributed by atoms with E-state index in [1.807, 2.05) is 38.7 Å². The fraction of sp³-hybridized carbons (Fsp3) is 0.621. The summed E-state index contributed by atoms with van der Waals surface area (Å²) in [6.07, 6.45) is 4.24. The third kappa shape index (κ3) is 5.92. The van der Waals surface area contributed by atoms with Gasteiger partial charge < -0.3 is 39.2 Å². The Kier molecular flexibility index (Phi) is 7.80. The first-order chi connectivity index (χ1) is 20.5. The molecule has 43 heavy (non-hydrogen) atoms. The summed E-state index contributed by atoms with van der Waals surface area (Å²) in [7, 11) is 1.34. The molecule has 1 amide bonds. The molecule has 14 heteroatoms. The first kappa shape index (κ1) is 29.7. The number of nitrogens with one attached hydrogen (secondary N) is 2. The lowest BCUT2D eigenvalue weighted by Gasteiger charge is -2.45. The first-order valence-corrected chi connectivity index (χ1v) is 15.3. The molecule has 2 aromatic heterocycles. The molecule has 0 radical (unpaired) electrons. The molecule has 3 fully saturated rings. The molecule has 0 saturated carbocycles. The number of fused-ring (bicyclic) bond motifs is 1. The fourth-order valence-corrected chi connectivity index (χ4v) is 6.88. The van der Waals surface area contributed by atoms with Crippen LogP contribution in [0.1, 0.15) is 51.0 Å². The zero-order chi connectivity index (χ0) is 30.4. The molecular weight excluding hydrogens is 576 g/mol. The van der Waals surface area contributed by atoms with Crippen molar-refractivity contribution in [2.24, 2.45) is 5.41 Å². The monoisotopic (exact) mass is 614 g/mol. The fourth-order valence-electron chi connectivity index (χ4n) is 6.04. The average molecular weight is 615 g/mol. The highest BCUT2D eigenvalue weighted by atomic mass is 32.2. The lowest BCUT2D eigenvalue weighted by atomic mass is 9.73. The molecule has 13 nitrogen and oxygen atoms in total. The van der Waals surface area contributed by atoms with E-state index < -0.39 is 17.7 Å². The summed E-state index contributed by atoms with van der Waals surface area (Å²) in [5, 5.41) is 7.04. The number of carbonyl (C=O) groups excluding carboxylic acids is 2. The number of alkyl carbamates (subject to hydrolysis) is 1. The van der Waals surface area contributed by atoms with Crippen molar-refractivity contribution in [2.75, 3.05) is 56.8 Å². The van der Waals surface area contributed by atoms with E-state index in [9.17, 15) is 9.59 Å². The molecule has 232 valence electrons. The van der Waals surface area contributed by atoms with E-state index in [4.69, 9.17) is 28.7 Å². The van der Waals surface area contributed by atoms with Crippen LogP contribution < -0.4 is 20.3 Å². The van der Waals surface area contributed by atoms with Crippen molar-refractivity contribution in [3.8, 4) is 5.75 Å². The summed E-state index contributed by atoms with van der Waals surface area (Å²) in [5.74, 6) is 1.20. The van der Waals surface area contributed by atoms with Crippen molar-refractivity contribution >= 4 is 35.5 Å². The number of nitrogens with zero attached hydrogens (tertiary/aromatic N) is 4. The average Bonchev–Trinajstić information content (AvgIpc) is 3.25. The lowest BCUT2D eigenvalue weighted by Crippen LogP contribution is -2.61. The van der Waals surface area contributed by atoms with Crippen LogP contribution in [0, 0.1) is 5.41 Å². The number of aromatic nitrogens is 3. The number of methoxy groups -OCH3 is 1. The minimum absolute atomic E-state index is 0.147. The quantitative estimate of drug-likeness (QED) is 0.476. The van der Waals surface area contributed by atoms with E-state index in [1.54, 1.807) is 12.4 Å². The van der Waals surface area contributed by atoms with Gasteiger partial charge in [-0.2, -0.15) is 0 Å². The first-order valence-electron chi connectivity index (χ1n) is 14.5. The largest absolute Gasteiger partial charge is 0.486 e. The molecule has 4 aliphatic rings. The van der Waals surface area contributed by atoms with Crippen LogP contribution in [0.3, 0.4) is 0 Å². The van der Waals surface area contributed by atoms with E-state index in [-0.39, 0.29) is 28.8 Å². The summed E-state index contributed by atoms with van der Waals surface area (Å²) < 4.78 is 28.1. The van der Waals surface area contributed by atoms with Crippen LogP contribution in [-0.2, 0) is 18.9 Å². The summed E-state index contributed by atoms with van der Waals surface area (Å²) >= 11 is 1.35. The number of ether oxygens (including phenoxy) is 5. The van der Waals surface area contributed by atoms with Gasteiger partial charge in [0.05, 0.1) is 50.2 Å². The van der Waals surface area contributed by atoms with E-state index in [1.165, 1.54) is 18.9 Å². The Labute approximate surface area is 254 Å². The van der Waals surface area contributed by atoms with Gasteiger partial charge in [-0.3, -0.25) is 0 Å². The van der Waals surface area contributed by atoms with Crippen LogP contribution in [0.2, 0.25) is 0 Å². The third-order valence-electron chi connectivity index (χ3n) is 8.32. The molecule has 6 rings (SSSR count). The Hall–Kier alpha value is -3.36. The number of hydrogen-bond donors (Lipinski definition) is 2. The van der Waals surface area contributed by atoms with Crippen LogP contribution in [0.5, 0.6) is 5.75 Å². The molecule has 2 N–H and O–H groups in total. The SMILES string of the molecule is COC(=O)c1nc(Sc2ccnc3c2OCC2(COC2)N3)cnc1N1CCC2(CC1)CO[C@@H](C)[C@H]2NC(=O)OC(C)(C)C. The van der Waals surface area contributed by atoms with Crippen molar-refractivity contribution in [3.05, 3.63) is 24.2 Å². The van der Waals surface area contributed by atoms with Gasteiger partial charge in [0.15, 0.2) is 23.1 Å². The highest BCUT2D eigenvalue weighted by Gasteiger charge is 2.51. The molecule has 0 aliphatic carbocycles. The van der Waals surface area contributed by atoms with Gasteiger partial charge in [0.1, 0.15) is 22.8 Å². The van der Waals surface area contributed by atoms with Gasteiger partial charge in [-0.05, 0) is 46.6 Å². The van der Waals surface area contributed by atoms with Crippen molar-refractivity contribution in [3.63, 3.8) is 0 Å². The minimum atomic E-state index is -0.592. The van der Waals surface area contributed by atoms with E-state index in [0.717, 1.165) is 17.7 Å². The highest BCUT2D eigenvalue weighted by molar-refractivity contribution is 7.99. The van der Waals surface area contributed by atoms with E-state index >= 15 is 0 Å². The Morgan fingerprint density at radius 1 is 1.16 bits per heavy atom. The zero-order valence-corrected chi connectivity index (χ0v) is 25.9. The number of esters is 1. The summed E-state index contributed by atoms with van der Waals surface area (Å²) in [5.41, 5.74) is -0.925. The predicted octanol–water partition coefficient (Wildman–Crippen LogP) is 3.28. The number of hydrogen-bond acceptors (Lipinski definition) is 13. The molecule has 4 aliphatic heterocycles. The van der Waals surface area contributed by atoms with Crippen molar-refractivity contribution in [1.29, 1.82) is 0 Å². The van der Waals surface area contributed by atoms with E-state index in [0.29, 0.717) is 61.9 Å². The Balaban J connectivity index is 1.18. The molecule has 0 bridgehead atoms. The van der Waals surface area contributed by atoms with Gasteiger partial charge in [-0.25, -0.2) is 24.5 Å². The maximum atomic E-state index is 12.9. The second-order valence-corrected chi connectivity index (χ2v) is 13.7. The third-order valence-corrected chi connectivity index (χ3v) is 9.27. The second kappa shape index (κ2) is 11.3. The van der Waals surface area contributed by atoms with Crippen molar-refractivity contribution in [2.45, 2.75) is 73.7 Å². The summed E-state index contributed by atoms with van der Waals surface area (Å²) in [4.78, 5) is 42.2. The van der Waals surface area contributed by atoms with Gasteiger partial charge in [-0.1, -0.05) is 11.8 Å². The maximum absolute atomic E-state index is 12.9. The van der Waals surface area contributed by atoms with Gasteiger partial charge in [0.2, 0.25) is 0 Å².